The van der Waals surface area contributed by atoms with Crippen molar-refractivity contribution in [2.24, 2.45) is 0 Å². The molecule has 1 aromatic heterocycles. The molecule has 1 amide bonds. The number of carbonyl (C=O) groups is 1. The number of nitrogens with one attached hydrogen (secondary N) is 2. The number of carbonyl (C=O) groups excluding carboxylic acids is 1. The van der Waals surface area contributed by atoms with Gasteiger partial charge >= 0.3 is 0 Å². The molecule has 0 saturated carbocycles. The summed E-state index contributed by atoms with van der Waals surface area (Å²) in [5, 5.41) is 6.59. The Morgan fingerprint density at radius 2 is 2.06 bits per heavy atom. The number of hydrogen-bond acceptors (Lipinski definition) is 5. The minimum absolute atomic E-state index is 0.0413. The predicted molar refractivity (Wildman–Crippen MR) is 65.6 cm³/mol. The zero-order valence-electron chi connectivity index (χ0n) is 10.3. The summed E-state index contributed by atoms with van der Waals surface area (Å²) >= 11 is 1.26. The van der Waals surface area contributed by atoms with Crippen LogP contribution in [0.1, 0.15) is 33.5 Å². The first-order valence-electron chi connectivity index (χ1n) is 5.17. The predicted octanol–water partition coefficient (Wildman–Crippen LogP) is 1.56. The van der Waals surface area contributed by atoms with Crippen LogP contribution in [0.3, 0.4) is 0 Å². The van der Waals surface area contributed by atoms with E-state index in [9.17, 15) is 4.79 Å². The van der Waals surface area contributed by atoms with Crippen molar-refractivity contribution in [1.29, 1.82) is 0 Å². The number of aryl methyl sites for hydroxylation is 1. The summed E-state index contributed by atoms with van der Waals surface area (Å²) in [7, 11) is 0. The minimum atomic E-state index is -0.313. The van der Waals surface area contributed by atoms with E-state index in [0.29, 0.717) is 5.13 Å². The minimum Gasteiger partial charge on any atom is -0.350 e. The molecule has 0 aliphatic heterocycles. The van der Waals surface area contributed by atoms with E-state index >= 15 is 0 Å². The van der Waals surface area contributed by atoms with Gasteiger partial charge in [0.1, 0.15) is 11.9 Å². The van der Waals surface area contributed by atoms with E-state index in [4.69, 9.17) is 0 Å². The topological polar surface area (TPSA) is 66.9 Å². The van der Waals surface area contributed by atoms with Crippen molar-refractivity contribution in [3.8, 4) is 0 Å². The molecule has 1 heterocycles. The third-order valence-corrected chi connectivity index (χ3v) is 2.50. The van der Waals surface area contributed by atoms with Crippen LogP contribution in [0, 0.1) is 6.92 Å². The van der Waals surface area contributed by atoms with Crippen LogP contribution in [0.5, 0.6) is 0 Å². The van der Waals surface area contributed by atoms with Gasteiger partial charge in [-0.15, -0.1) is 0 Å². The van der Waals surface area contributed by atoms with Crippen LogP contribution in [0.25, 0.3) is 0 Å². The molecule has 0 fully saturated rings. The van der Waals surface area contributed by atoms with E-state index in [2.05, 4.69) is 20.0 Å². The molecule has 2 N–H and O–H groups in total. The molecule has 0 saturated heterocycles. The number of nitrogens with zero attached hydrogens (tertiary/aromatic N) is 2. The molecular formula is C10H18N4OS. The van der Waals surface area contributed by atoms with Crippen molar-refractivity contribution in [2.75, 3.05) is 5.32 Å². The molecular weight excluding hydrogens is 224 g/mol. The Labute approximate surface area is 99.8 Å². The van der Waals surface area contributed by atoms with E-state index in [1.807, 2.05) is 27.7 Å². The van der Waals surface area contributed by atoms with E-state index < -0.39 is 0 Å². The molecule has 1 aromatic rings. The Balaban J connectivity index is 2.52. The zero-order valence-corrected chi connectivity index (χ0v) is 11.1. The summed E-state index contributed by atoms with van der Waals surface area (Å²) in [5.74, 6) is 0.677. The summed E-state index contributed by atoms with van der Waals surface area (Å²) in [6, 6.07) is -0.313. The fourth-order valence-electron chi connectivity index (χ4n) is 1.08. The second kappa shape index (κ2) is 4.78. The average Bonchev–Trinajstić information content (AvgIpc) is 2.48. The van der Waals surface area contributed by atoms with Crippen molar-refractivity contribution < 1.29 is 4.79 Å². The summed E-state index contributed by atoms with van der Waals surface area (Å²) in [5.41, 5.74) is -0.218. The molecule has 0 radical (unpaired) electrons. The quantitative estimate of drug-likeness (QED) is 0.844. The maximum Gasteiger partial charge on any atom is 0.242 e. The monoisotopic (exact) mass is 242 g/mol. The second-order valence-corrected chi connectivity index (χ2v) is 5.50. The average molecular weight is 242 g/mol. The van der Waals surface area contributed by atoms with E-state index in [0.717, 1.165) is 5.82 Å². The van der Waals surface area contributed by atoms with Crippen molar-refractivity contribution in [2.45, 2.75) is 46.2 Å². The Bertz CT molecular complexity index is 369. The van der Waals surface area contributed by atoms with Gasteiger partial charge in [0.25, 0.3) is 0 Å². The van der Waals surface area contributed by atoms with E-state index in [-0.39, 0.29) is 17.5 Å². The number of amides is 1. The van der Waals surface area contributed by atoms with Gasteiger partial charge in [0.05, 0.1) is 0 Å². The van der Waals surface area contributed by atoms with Crippen LogP contribution in [0.2, 0.25) is 0 Å². The highest BCUT2D eigenvalue weighted by Gasteiger charge is 2.19. The number of aromatic nitrogens is 2. The summed E-state index contributed by atoms with van der Waals surface area (Å²) in [6.45, 7) is 9.48. The molecule has 0 spiro atoms. The molecule has 16 heavy (non-hydrogen) atoms. The van der Waals surface area contributed by atoms with Gasteiger partial charge in [0, 0.05) is 17.1 Å². The lowest BCUT2D eigenvalue weighted by atomic mass is 10.1. The first kappa shape index (κ1) is 12.9. The molecule has 0 aliphatic rings. The molecule has 1 unspecified atom stereocenters. The normalized spacial score (nSPS) is 13.3. The summed E-state index contributed by atoms with van der Waals surface area (Å²) in [4.78, 5) is 15.9. The lowest BCUT2D eigenvalue weighted by molar-refractivity contribution is -0.122. The highest BCUT2D eigenvalue weighted by atomic mass is 32.1. The number of anilines is 1. The zero-order chi connectivity index (χ0) is 12.3. The van der Waals surface area contributed by atoms with Crippen LogP contribution in [-0.4, -0.2) is 26.8 Å². The molecule has 0 bridgehead atoms. The molecule has 0 aromatic carbocycles. The largest absolute Gasteiger partial charge is 0.350 e. The second-order valence-electron chi connectivity index (χ2n) is 4.75. The smallest absolute Gasteiger partial charge is 0.242 e. The van der Waals surface area contributed by atoms with Crippen LogP contribution < -0.4 is 10.6 Å². The Kier molecular flexibility index (Phi) is 3.85. The van der Waals surface area contributed by atoms with E-state index in [1.165, 1.54) is 11.5 Å². The summed E-state index contributed by atoms with van der Waals surface area (Å²) in [6.07, 6.45) is 0. The lowest BCUT2D eigenvalue weighted by Gasteiger charge is -2.23. The van der Waals surface area contributed by atoms with Crippen LogP contribution >= 0.6 is 11.5 Å². The van der Waals surface area contributed by atoms with Crippen molar-refractivity contribution >= 4 is 22.6 Å². The first-order valence-corrected chi connectivity index (χ1v) is 5.94. The van der Waals surface area contributed by atoms with Gasteiger partial charge in [-0.3, -0.25) is 4.79 Å². The molecule has 1 rings (SSSR count). The highest BCUT2D eigenvalue weighted by Crippen LogP contribution is 2.11. The lowest BCUT2D eigenvalue weighted by Crippen LogP contribution is -2.47. The molecule has 5 nitrogen and oxygen atoms in total. The van der Waals surface area contributed by atoms with Gasteiger partial charge in [0.15, 0.2) is 0 Å². The van der Waals surface area contributed by atoms with Crippen molar-refractivity contribution in [1.82, 2.24) is 14.7 Å². The van der Waals surface area contributed by atoms with Crippen LogP contribution in [-0.2, 0) is 4.79 Å². The van der Waals surface area contributed by atoms with Crippen molar-refractivity contribution in [3.63, 3.8) is 0 Å². The van der Waals surface area contributed by atoms with Gasteiger partial charge in [-0.1, -0.05) is 0 Å². The van der Waals surface area contributed by atoms with Crippen molar-refractivity contribution in [3.05, 3.63) is 5.82 Å². The van der Waals surface area contributed by atoms with Gasteiger partial charge in [-0.25, -0.2) is 4.98 Å². The Hall–Kier alpha value is -1.17. The Morgan fingerprint density at radius 3 is 2.50 bits per heavy atom. The maximum absolute atomic E-state index is 11.8. The molecule has 0 aliphatic carbocycles. The maximum atomic E-state index is 11.8. The van der Waals surface area contributed by atoms with Gasteiger partial charge in [-0.2, -0.15) is 4.37 Å². The first-order chi connectivity index (χ1) is 7.28. The molecule has 6 heteroatoms. The van der Waals surface area contributed by atoms with Gasteiger partial charge < -0.3 is 10.6 Å². The third-order valence-electron chi connectivity index (χ3n) is 1.76. The standard InChI is InChI=1S/C10H18N4OS/c1-6(8(15)13-10(3,4)5)11-9-12-7(2)14-16-9/h6H,1-5H3,(H,13,15)(H,11,12,14). The van der Waals surface area contributed by atoms with E-state index in [1.54, 1.807) is 6.92 Å². The SMILES string of the molecule is Cc1nsc(NC(C)C(=O)NC(C)(C)C)n1. The fraction of sp³-hybridized carbons (Fsp3) is 0.700. The van der Waals surface area contributed by atoms with Gasteiger partial charge in [-0.05, 0) is 34.6 Å². The molecule has 1 atom stereocenters. The van der Waals surface area contributed by atoms with Gasteiger partial charge in [0.2, 0.25) is 11.0 Å². The van der Waals surface area contributed by atoms with Crippen LogP contribution in [0.15, 0.2) is 0 Å². The number of rotatable bonds is 3. The number of hydrogen-bond donors (Lipinski definition) is 2. The summed E-state index contributed by atoms with van der Waals surface area (Å²) < 4.78 is 4.04. The van der Waals surface area contributed by atoms with Crippen LogP contribution in [0.4, 0.5) is 5.13 Å². The molecule has 90 valence electrons. The Morgan fingerprint density at radius 1 is 1.44 bits per heavy atom. The third kappa shape index (κ3) is 4.14. The highest BCUT2D eigenvalue weighted by molar-refractivity contribution is 7.09. The fourth-order valence-corrected chi connectivity index (χ4v) is 1.75.